The van der Waals surface area contributed by atoms with Gasteiger partial charge in [0.15, 0.2) is 18.1 Å². The van der Waals surface area contributed by atoms with Gasteiger partial charge >= 0.3 is 0 Å². The number of ether oxygens (including phenoxy) is 2. The number of nitrogens with zero attached hydrogens (tertiary/aromatic N) is 2. The van der Waals surface area contributed by atoms with Crippen molar-refractivity contribution in [2.45, 2.75) is 31.7 Å². The van der Waals surface area contributed by atoms with Gasteiger partial charge in [-0.05, 0) is 31.0 Å². The van der Waals surface area contributed by atoms with Crippen LogP contribution >= 0.6 is 0 Å². The van der Waals surface area contributed by atoms with Gasteiger partial charge in [-0.15, -0.1) is 0 Å². The van der Waals surface area contributed by atoms with Crippen LogP contribution < -0.4 is 14.9 Å². The molecule has 0 spiro atoms. The Bertz CT molecular complexity index is 733. The van der Waals surface area contributed by atoms with Crippen molar-refractivity contribution >= 4 is 12.1 Å². The lowest BCUT2D eigenvalue weighted by atomic mass is 10.2. The largest absolute Gasteiger partial charge is 0.493 e. The molecule has 0 saturated heterocycles. The minimum Gasteiger partial charge on any atom is -0.493 e. The number of hydrogen-bond donors (Lipinski definition) is 1. The maximum atomic E-state index is 11.8. The number of methoxy groups -OCH3 is 1. The highest BCUT2D eigenvalue weighted by atomic mass is 16.5. The van der Waals surface area contributed by atoms with E-state index in [1.54, 1.807) is 25.5 Å². The Balaban J connectivity index is 1.46. The number of carbonyl (C=O) groups is 1. The van der Waals surface area contributed by atoms with Gasteiger partial charge in [0.25, 0.3) is 5.91 Å². The smallest absolute Gasteiger partial charge is 0.277 e. The van der Waals surface area contributed by atoms with Crippen LogP contribution in [0.3, 0.4) is 0 Å². The number of nitrogens with one attached hydrogen (secondary N) is 1. The van der Waals surface area contributed by atoms with Crippen LogP contribution in [0.2, 0.25) is 0 Å². The molecule has 0 bridgehead atoms. The van der Waals surface area contributed by atoms with Crippen molar-refractivity contribution < 1.29 is 14.3 Å². The molecule has 1 saturated carbocycles. The van der Waals surface area contributed by atoms with Crippen LogP contribution in [-0.2, 0) is 4.79 Å². The molecule has 3 rings (SSSR count). The molecule has 0 atom stereocenters. The van der Waals surface area contributed by atoms with Crippen molar-refractivity contribution in [1.29, 1.82) is 0 Å². The maximum absolute atomic E-state index is 11.8. The molecular formula is C19H23N3O3. The van der Waals surface area contributed by atoms with E-state index in [0.29, 0.717) is 17.5 Å². The summed E-state index contributed by atoms with van der Waals surface area (Å²) in [4.78, 5) is 11.8. The zero-order valence-corrected chi connectivity index (χ0v) is 14.4. The summed E-state index contributed by atoms with van der Waals surface area (Å²) in [6.07, 6.45) is 10.9. The SMILES string of the molecule is COc1ccccc1OCC(=O)N/N=C/c1ccn(C2CCCC2)c1. The second kappa shape index (κ2) is 8.37. The van der Waals surface area contributed by atoms with Crippen LogP contribution in [0.1, 0.15) is 37.3 Å². The molecule has 1 aromatic carbocycles. The number of amides is 1. The maximum Gasteiger partial charge on any atom is 0.277 e. The summed E-state index contributed by atoms with van der Waals surface area (Å²) >= 11 is 0. The first-order chi connectivity index (χ1) is 12.3. The van der Waals surface area contributed by atoms with Crippen LogP contribution in [0.25, 0.3) is 0 Å². The van der Waals surface area contributed by atoms with Crippen molar-refractivity contribution in [3.05, 3.63) is 48.3 Å². The van der Waals surface area contributed by atoms with Crippen molar-refractivity contribution in [3.8, 4) is 11.5 Å². The Morgan fingerprint density at radius 1 is 1.28 bits per heavy atom. The van der Waals surface area contributed by atoms with Gasteiger partial charge in [0.05, 0.1) is 13.3 Å². The normalized spacial score (nSPS) is 14.8. The van der Waals surface area contributed by atoms with E-state index in [9.17, 15) is 4.79 Å². The first-order valence-corrected chi connectivity index (χ1v) is 8.51. The number of rotatable bonds is 7. The Morgan fingerprint density at radius 3 is 2.80 bits per heavy atom. The van der Waals surface area contributed by atoms with Crippen LogP contribution in [0.4, 0.5) is 0 Å². The average Bonchev–Trinajstić information content (AvgIpc) is 3.31. The van der Waals surface area contributed by atoms with Gasteiger partial charge in [0.1, 0.15) is 0 Å². The van der Waals surface area contributed by atoms with Crippen LogP contribution in [0.15, 0.2) is 47.8 Å². The van der Waals surface area contributed by atoms with Gasteiger partial charge in [-0.1, -0.05) is 25.0 Å². The molecule has 1 aromatic heterocycles. The summed E-state index contributed by atoms with van der Waals surface area (Å²) in [5.41, 5.74) is 3.44. The molecule has 2 aromatic rings. The zero-order chi connectivity index (χ0) is 17.5. The van der Waals surface area contributed by atoms with Gasteiger partial charge in [0.2, 0.25) is 0 Å². The molecule has 0 aliphatic heterocycles. The van der Waals surface area contributed by atoms with E-state index < -0.39 is 0 Å². The lowest BCUT2D eigenvalue weighted by molar-refractivity contribution is -0.123. The highest BCUT2D eigenvalue weighted by Gasteiger charge is 2.15. The first-order valence-electron chi connectivity index (χ1n) is 8.51. The molecular weight excluding hydrogens is 318 g/mol. The predicted octanol–water partition coefficient (Wildman–Crippen LogP) is 3.14. The Kier molecular flexibility index (Phi) is 5.72. The fourth-order valence-corrected chi connectivity index (χ4v) is 3.03. The van der Waals surface area contributed by atoms with E-state index in [4.69, 9.17) is 9.47 Å². The van der Waals surface area contributed by atoms with Gasteiger partial charge in [0, 0.05) is 24.0 Å². The van der Waals surface area contributed by atoms with E-state index in [2.05, 4.69) is 27.5 Å². The van der Waals surface area contributed by atoms with Crippen LogP contribution in [-0.4, -0.2) is 30.4 Å². The molecule has 25 heavy (non-hydrogen) atoms. The van der Waals surface area contributed by atoms with Gasteiger partial charge in [-0.3, -0.25) is 4.79 Å². The van der Waals surface area contributed by atoms with E-state index in [0.717, 1.165) is 5.56 Å². The molecule has 6 nitrogen and oxygen atoms in total. The third kappa shape index (κ3) is 4.62. The highest BCUT2D eigenvalue weighted by molar-refractivity contribution is 5.82. The molecule has 1 N–H and O–H groups in total. The van der Waals surface area contributed by atoms with Crippen LogP contribution in [0, 0.1) is 0 Å². The third-order valence-corrected chi connectivity index (χ3v) is 4.31. The summed E-state index contributed by atoms with van der Waals surface area (Å²) in [6, 6.07) is 9.79. The zero-order valence-electron chi connectivity index (χ0n) is 14.4. The highest BCUT2D eigenvalue weighted by Crippen LogP contribution is 2.29. The molecule has 1 aliphatic carbocycles. The third-order valence-electron chi connectivity index (χ3n) is 4.31. The first kappa shape index (κ1) is 17.1. The van der Waals surface area contributed by atoms with Gasteiger partial charge in [-0.2, -0.15) is 5.10 Å². The number of carbonyl (C=O) groups excluding carboxylic acids is 1. The summed E-state index contributed by atoms with van der Waals surface area (Å²) in [7, 11) is 1.56. The number of hydrogen-bond acceptors (Lipinski definition) is 4. The topological polar surface area (TPSA) is 64.8 Å². The Hall–Kier alpha value is -2.76. The van der Waals surface area contributed by atoms with E-state index in [1.165, 1.54) is 25.7 Å². The summed E-state index contributed by atoms with van der Waals surface area (Å²) in [6.45, 7) is -0.124. The lowest BCUT2D eigenvalue weighted by Crippen LogP contribution is -2.24. The number of aromatic nitrogens is 1. The Morgan fingerprint density at radius 2 is 2.04 bits per heavy atom. The molecule has 0 radical (unpaired) electrons. The molecule has 1 amide bonds. The fraction of sp³-hybridized carbons (Fsp3) is 0.368. The summed E-state index contributed by atoms with van der Waals surface area (Å²) < 4.78 is 12.9. The lowest BCUT2D eigenvalue weighted by Gasteiger charge is -2.10. The van der Waals surface area contributed by atoms with Crippen molar-refractivity contribution in [1.82, 2.24) is 9.99 Å². The predicted molar refractivity (Wildman–Crippen MR) is 96.2 cm³/mol. The Labute approximate surface area is 147 Å². The summed E-state index contributed by atoms with van der Waals surface area (Å²) in [5, 5.41) is 3.99. The number of para-hydroxylation sites is 2. The monoisotopic (exact) mass is 341 g/mol. The standard InChI is InChI=1S/C19H23N3O3/c1-24-17-8-4-5-9-18(17)25-14-19(23)21-20-12-15-10-11-22(13-15)16-6-2-3-7-16/h4-5,8-13,16H,2-3,6-7,14H2,1H3,(H,21,23)/b20-12+. The summed E-state index contributed by atoms with van der Waals surface area (Å²) in [5.74, 6) is 0.794. The van der Waals surface area contributed by atoms with Crippen molar-refractivity contribution in [2.24, 2.45) is 5.10 Å². The molecule has 1 fully saturated rings. The van der Waals surface area contributed by atoms with Gasteiger partial charge < -0.3 is 14.0 Å². The van der Waals surface area contributed by atoms with Gasteiger partial charge in [-0.25, -0.2) is 5.43 Å². The minimum atomic E-state index is -0.322. The van der Waals surface area contributed by atoms with Crippen molar-refractivity contribution in [3.63, 3.8) is 0 Å². The molecule has 132 valence electrons. The number of benzene rings is 1. The second-order valence-corrected chi connectivity index (χ2v) is 6.06. The van der Waals surface area contributed by atoms with E-state index in [-0.39, 0.29) is 12.5 Å². The van der Waals surface area contributed by atoms with E-state index in [1.807, 2.05) is 18.2 Å². The molecule has 0 unspecified atom stereocenters. The molecule has 1 heterocycles. The molecule has 1 aliphatic rings. The average molecular weight is 341 g/mol. The van der Waals surface area contributed by atoms with E-state index >= 15 is 0 Å². The quantitative estimate of drug-likeness (QED) is 0.621. The number of hydrazone groups is 1. The second-order valence-electron chi connectivity index (χ2n) is 6.06. The molecule has 6 heteroatoms. The fourth-order valence-electron chi connectivity index (χ4n) is 3.03. The van der Waals surface area contributed by atoms with Crippen LogP contribution in [0.5, 0.6) is 11.5 Å². The van der Waals surface area contributed by atoms with Crippen molar-refractivity contribution in [2.75, 3.05) is 13.7 Å². The minimum absolute atomic E-state index is 0.124.